The summed E-state index contributed by atoms with van der Waals surface area (Å²) in [7, 11) is 0. The van der Waals surface area contributed by atoms with Crippen LogP contribution in [0.25, 0.3) is 0 Å². The highest BCUT2D eigenvalue weighted by molar-refractivity contribution is 5.68. The molecule has 1 amide bonds. The van der Waals surface area contributed by atoms with Gasteiger partial charge in [-0.25, -0.2) is 4.79 Å². The number of ether oxygens (including phenoxy) is 1. The predicted octanol–water partition coefficient (Wildman–Crippen LogP) is 0.783. The molecule has 0 aromatic carbocycles. The van der Waals surface area contributed by atoms with Crippen LogP contribution in [0.3, 0.4) is 0 Å². The van der Waals surface area contributed by atoms with Crippen LogP contribution in [-0.2, 0) is 4.74 Å². The summed E-state index contributed by atoms with van der Waals surface area (Å²) in [6.07, 6.45) is 0.662. The van der Waals surface area contributed by atoms with Gasteiger partial charge in [0.15, 0.2) is 5.49 Å². The van der Waals surface area contributed by atoms with Gasteiger partial charge in [-0.05, 0) is 19.1 Å². The molecular weight excluding hydrogens is 172 g/mol. The minimum absolute atomic E-state index is 0.140. The highest BCUT2D eigenvalue weighted by Crippen LogP contribution is 1.82. The predicted molar refractivity (Wildman–Crippen MR) is 44.2 cm³/mol. The minimum atomic E-state index is -0.712. The number of carbonyl (C=O) groups is 1. The van der Waals surface area contributed by atoms with Crippen molar-refractivity contribution in [2.45, 2.75) is 6.92 Å². The average Bonchev–Trinajstić information content (AvgIpc) is 2.09. The van der Waals surface area contributed by atoms with Crippen molar-refractivity contribution in [3.05, 3.63) is 29.9 Å². The Labute approximate surface area is 74.9 Å². The fourth-order valence-corrected chi connectivity index (χ4v) is 0.763. The van der Waals surface area contributed by atoms with Crippen LogP contribution in [0.15, 0.2) is 29.4 Å². The number of pyridine rings is 1. The van der Waals surface area contributed by atoms with E-state index in [1.54, 1.807) is 19.1 Å². The Bertz CT molecular complexity index is 356. The molecule has 0 aliphatic heterocycles. The molecule has 5 nitrogen and oxygen atoms in total. The lowest BCUT2D eigenvalue weighted by molar-refractivity contribution is 0.153. The first kappa shape index (κ1) is 9.31. The number of carbonyl (C=O) groups excluding carboxylic acids is 1. The second-order valence-corrected chi connectivity index (χ2v) is 2.21. The van der Waals surface area contributed by atoms with Gasteiger partial charge in [-0.3, -0.25) is 0 Å². The molecule has 0 fully saturated rings. The van der Waals surface area contributed by atoms with E-state index in [1.807, 2.05) is 0 Å². The third-order valence-electron chi connectivity index (χ3n) is 1.29. The molecular formula is C8H10N2O3. The Balaban J connectivity index is 2.94. The van der Waals surface area contributed by atoms with E-state index < -0.39 is 6.09 Å². The van der Waals surface area contributed by atoms with Crippen molar-refractivity contribution in [1.29, 1.82) is 0 Å². The SMILES string of the molecule is CCOC(=O)/N=c1\ccccn1O. The summed E-state index contributed by atoms with van der Waals surface area (Å²) < 4.78 is 5.32. The Morgan fingerprint density at radius 2 is 2.46 bits per heavy atom. The lowest BCUT2D eigenvalue weighted by atomic mass is 10.5. The summed E-state index contributed by atoms with van der Waals surface area (Å²) in [5.41, 5.74) is 0.140. The molecule has 0 bridgehead atoms. The fraction of sp³-hybridized carbons (Fsp3) is 0.250. The smallest absolute Gasteiger partial charge is 0.435 e. The van der Waals surface area contributed by atoms with Crippen molar-refractivity contribution in [2.24, 2.45) is 4.99 Å². The molecule has 5 heteroatoms. The maximum Gasteiger partial charge on any atom is 0.435 e. The number of nitrogens with zero attached hydrogens (tertiary/aromatic N) is 2. The van der Waals surface area contributed by atoms with E-state index in [4.69, 9.17) is 5.21 Å². The molecule has 0 aliphatic carbocycles. The number of aromatic nitrogens is 1. The Morgan fingerprint density at radius 3 is 3.08 bits per heavy atom. The van der Waals surface area contributed by atoms with Crippen LogP contribution in [0.4, 0.5) is 4.79 Å². The van der Waals surface area contributed by atoms with E-state index in [9.17, 15) is 4.79 Å². The van der Waals surface area contributed by atoms with E-state index in [-0.39, 0.29) is 12.1 Å². The first-order chi connectivity index (χ1) is 6.24. The lowest BCUT2D eigenvalue weighted by Gasteiger charge is -1.96. The molecule has 1 aromatic rings. The van der Waals surface area contributed by atoms with E-state index >= 15 is 0 Å². The minimum Gasteiger partial charge on any atom is -0.448 e. The van der Waals surface area contributed by atoms with E-state index in [0.717, 1.165) is 4.73 Å². The van der Waals surface area contributed by atoms with Gasteiger partial charge in [0.2, 0.25) is 0 Å². The van der Waals surface area contributed by atoms with Gasteiger partial charge < -0.3 is 9.94 Å². The van der Waals surface area contributed by atoms with Gasteiger partial charge in [0, 0.05) is 6.20 Å². The van der Waals surface area contributed by atoms with Crippen LogP contribution >= 0.6 is 0 Å². The number of hydrogen-bond acceptors (Lipinski definition) is 3. The zero-order valence-corrected chi connectivity index (χ0v) is 7.17. The van der Waals surface area contributed by atoms with Crippen LogP contribution in [0.5, 0.6) is 0 Å². The molecule has 0 aliphatic rings. The molecule has 0 saturated carbocycles. The monoisotopic (exact) mass is 182 g/mol. The molecule has 0 saturated heterocycles. The highest BCUT2D eigenvalue weighted by Gasteiger charge is 1.96. The second-order valence-electron chi connectivity index (χ2n) is 2.21. The van der Waals surface area contributed by atoms with Crippen LogP contribution in [0, 0.1) is 0 Å². The summed E-state index contributed by atoms with van der Waals surface area (Å²) in [6.45, 7) is 1.95. The molecule has 13 heavy (non-hydrogen) atoms. The molecule has 70 valence electrons. The van der Waals surface area contributed by atoms with Gasteiger partial charge in [0.05, 0.1) is 6.61 Å². The van der Waals surface area contributed by atoms with Crippen molar-refractivity contribution >= 4 is 6.09 Å². The van der Waals surface area contributed by atoms with Crippen LogP contribution < -0.4 is 5.49 Å². The van der Waals surface area contributed by atoms with E-state index in [2.05, 4.69) is 9.73 Å². The van der Waals surface area contributed by atoms with Gasteiger partial charge in [0.1, 0.15) is 0 Å². The summed E-state index contributed by atoms with van der Waals surface area (Å²) in [5, 5.41) is 9.14. The molecule has 1 rings (SSSR count). The third-order valence-corrected chi connectivity index (χ3v) is 1.29. The quantitative estimate of drug-likeness (QED) is 0.653. The van der Waals surface area contributed by atoms with Crippen LogP contribution in [-0.4, -0.2) is 22.6 Å². The normalized spacial score (nSPS) is 11.3. The summed E-state index contributed by atoms with van der Waals surface area (Å²) in [5.74, 6) is 0. The molecule has 1 aromatic heterocycles. The second kappa shape index (κ2) is 4.30. The molecule has 0 spiro atoms. The highest BCUT2D eigenvalue weighted by atomic mass is 16.5. The Morgan fingerprint density at radius 1 is 1.69 bits per heavy atom. The first-order valence-electron chi connectivity index (χ1n) is 3.82. The lowest BCUT2D eigenvalue weighted by Crippen LogP contribution is -2.19. The van der Waals surface area contributed by atoms with Crippen LogP contribution in [0.2, 0.25) is 0 Å². The fourth-order valence-electron chi connectivity index (χ4n) is 0.763. The van der Waals surface area contributed by atoms with Gasteiger partial charge in [-0.15, -0.1) is 0 Å². The number of hydrogen-bond donors (Lipinski definition) is 1. The largest absolute Gasteiger partial charge is 0.448 e. The van der Waals surface area contributed by atoms with Crippen LogP contribution in [0.1, 0.15) is 6.92 Å². The van der Waals surface area contributed by atoms with Crippen molar-refractivity contribution < 1.29 is 14.7 Å². The number of rotatable bonds is 1. The summed E-state index contributed by atoms with van der Waals surface area (Å²) >= 11 is 0. The van der Waals surface area contributed by atoms with Crippen molar-refractivity contribution in [3.63, 3.8) is 0 Å². The molecule has 1 N–H and O–H groups in total. The molecule has 0 atom stereocenters. The topological polar surface area (TPSA) is 63.8 Å². The molecule has 1 heterocycles. The summed E-state index contributed by atoms with van der Waals surface area (Å²) in [6, 6.07) is 4.77. The van der Waals surface area contributed by atoms with Gasteiger partial charge in [-0.1, -0.05) is 6.07 Å². The van der Waals surface area contributed by atoms with Crippen molar-refractivity contribution in [3.8, 4) is 0 Å². The Kier molecular flexibility index (Phi) is 3.08. The average molecular weight is 182 g/mol. The Hall–Kier alpha value is -1.78. The van der Waals surface area contributed by atoms with Crippen molar-refractivity contribution in [1.82, 2.24) is 4.73 Å². The first-order valence-corrected chi connectivity index (χ1v) is 3.82. The zero-order chi connectivity index (χ0) is 9.68. The van der Waals surface area contributed by atoms with Gasteiger partial charge in [-0.2, -0.15) is 9.72 Å². The van der Waals surface area contributed by atoms with E-state index in [1.165, 1.54) is 12.3 Å². The third kappa shape index (κ3) is 2.62. The molecule has 0 unspecified atom stereocenters. The standard InChI is InChI=1S/C8H10N2O3/c1-2-13-8(11)9-7-5-3-4-6-10(7)12/h3-6,12H,2H2,1H3/b9-7+. The maximum absolute atomic E-state index is 10.9. The summed E-state index contributed by atoms with van der Waals surface area (Å²) in [4.78, 5) is 14.4. The van der Waals surface area contributed by atoms with Gasteiger partial charge in [0.25, 0.3) is 0 Å². The number of amides is 1. The van der Waals surface area contributed by atoms with Crippen molar-refractivity contribution in [2.75, 3.05) is 6.61 Å². The maximum atomic E-state index is 10.9. The van der Waals surface area contributed by atoms with Gasteiger partial charge >= 0.3 is 6.09 Å². The van der Waals surface area contributed by atoms with E-state index in [0.29, 0.717) is 0 Å². The zero-order valence-electron chi connectivity index (χ0n) is 7.17. The molecule has 0 radical (unpaired) electrons.